The van der Waals surface area contributed by atoms with Crippen LogP contribution in [0, 0.1) is 13.8 Å². The van der Waals surface area contributed by atoms with E-state index in [4.69, 9.17) is 15.0 Å². The van der Waals surface area contributed by atoms with Gasteiger partial charge >= 0.3 is 0 Å². The molecule has 0 amide bonds. The Morgan fingerprint density at radius 3 is 1.24 bits per heavy atom. The van der Waals surface area contributed by atoms with Gasteiger partial charge in [-0.25, -0.2) is 15.0 Å². The summed E-state index contributed by atoms with van der Waals surface area (Å²) in [5.74, 6) is 1.95. The van der Waals surface area contributed by atoms with Gasteiger partial charge in [0, 0.05) is 33.6 Å². The fourth-order valence-electron chi connectivity index (χ4n) is 4.58. The minimum absolute atomic E-state index is 0.645. The lowest BCUT2D eigenvalue weighted by Crippen LogP contribution is -2.00. The summed E-state index contributed by atoms with van der Waals surface area (Å²) in [6.45, 7) is 4.06. The van der Waals surface area contributed by atoms with Crippen LogP contribution in [0.2, 0.25) is 0 Å². The van der Waals surface area contributed by atoms with Crippen molar-refractivity contribution < 1.29 is 0 Å². The van der Waals surface area contributed by atoms with Crippen molar-refractivity contribution >= 4 is 0 Å². The Hall–Kier alpha value is -4.96. The van der Waals surface area contributed by atoms with E-state index >= 15 is 0 Å². The smallest absolute Gasteiger partial charge is 0.164 e. The lowest BCUT2D eigenvalue weighted by Gasteiger charge is -2.10. The summed E-state index contributed by atoms with van der Waals surface area (Å²) >= 11 is 0. The van der Waals surface area contributed by atoms with Crippen LogP contribution in [-0.2, 0) is 0 Å². The molecule has 0 N–H and O–H groups in total. The van der Waals surface area contributed by atoms with Crippen molar-refractivity contribution in [2.24, 2.45) is 0 Å². The molecule has 0 bridgehead atoms. The van der Waals surface area contributed by atoms with Crippen molar-refractivity contribution in [3.63, 3.8) is 0 Å². The summed E-state index contributed by atoms with van der Waals surface area (Å²) in [4.78, 5) is 19.2. The van der Waals surface area contributed by atoms with E-state index in [2.05, 4.69) is 83.8 Å². The van der Waals surface area contributed by atoms with Crippen molar-refractivity contribution in [3.8, 4) is 56.4 Å². The van der Waals surface area contributed by atoms with Gasteiger partial charge in [0.2, 0.25) is 0 Å². The third-order valence-electron chi connectivity index (χ3n) is 6.60. The SMILES string of the molecule is Cc1ccc(-c2ccc(-c3nc(-c4ccccc4)nc(-c4ccc(-c5ccccc5)cc4)n3)cc2)c(C)n1. The van der Waals surface area contributed by atoms with Crippen LogP contribution in [0.15, 0.2) is 121 Å². The Labute approximate surface area is 222 Å². The van der Waals surface area contributed by atoms with Crippen LogP contribution >= 0.6 is 0 Å². The normalized spacial score (nSPS) is 10.9. The Morgan fingerprint density at radius 2 is 0.737 bits per heavy atom. The molecule has 4 aromatic carbocycles. The molecule has 182 valence electrons. The lowest BCUT2D eigenvalue weighted by atomic mass is 10.0. The van der Waals surface area contributed by atoms with Crippen molar-refractivity contribution in [3.05, 3.63) is 133 Å². The van der Waals surface area contributed by atoms with Crippen LogP contribution in [0.3, 0.4) is 0 Å². The Balaban J connectivity index is 1.40. The molecule has 0 atom stereocenters. The first kappa shape index (κ1) is 23.4. The Bertz CT molecular complexity index is 1690. The topological polar surface area (TPSA) is 51.6 Å². The zero-order valence-corrected chi connectivity index (χ0v) is 21.3. The van der Waals surface area contributed by atoms with Crippen LogP contribution in [0.1, 0.15) is 11.4 Å². The zero-order valence-electron chi connectivity index (χ0n) is 21.3. The molecule has 0 saturated heterocycles. The molecule has 6 aromatic rings. The molecule has 0 spiro atoms. The van der Waals surface area contributed by atoms with Crippen molar-refractivity contribution in [1.29, 1.82) is 0 Å². The molecule has 0 unspecified atom stereocenters. The second kappa shape index (κ2) is 10.2. The molecule has 38 heavy (non-hydrogen) atoms. The second-order valence-corrected chi connectivity index (χ2v) is 9.28. The minimum Gasteiger partial charge on any atom is -0.258 e. The maximum absolute atomic E-state index is 4.90. The average Bonchev–Trinajstić information content (AvgIpc) is 2.98. The predicted molar refractivity (Wildman–Crippen MR) is 154 cm³/mol. The summed E-state index contributed by atoms with van der Waals surface area (Å²) in [6, 6.07) is 41.3. The first-order chi connectivity index (χ1) is 18.6. The van der Waals surface area contributed by atoms with Crippen molar-refractivity contribution in [2.75, 3.05) is 0 Å². The quantitative estimate of drug-likeness (QED) is 0.244. The maximum Gasteiger partial charge on any atom is 0.164 e. The molecular formula is C34H26N4. The molecule has 0 aliphatic heterocycles. The Kier molecular flexibility index (Phi) is 6.29. The van der Waals surface area contributed by atoms with E-state index in [-0.39, 0.29) is 0 Å². The number of benzene rings is 4. The molecule has 4 nitrogen and oxygen atoms in total. The highest BCUT2D eigenvalue weighted by molar-refractivity contribution is 5.72. The van der Waals surface area contributed by atoms with Gasteiger partial charge in [-0.15, -0.1) is 0 Å². The highest BCUT2D eigenvalue weighted by Gasteiger charge is 2.13. The molecular weight excluding hydrogens is 464 g/mol. The van der Waals surface area contributed by atoms with Crippen LogP contribution < -0.4 is 0 Å². The molecule has 0 aliphatic rings. The highest BCUT2D eigenvalue weighted by atomic mass is 15.0. The standard InChI is InChI=1S/C34H26N4/c1-23-13-22-31(24(2)35-23)27-16-20-30(21-17-27)34-37-32(28-11-7-4-8-12-28)36-33(38-34)29-18-14-26(15-19-29)25-9-5-3-6-10-25/h3-22H,1-2H3. The van der Waals surface area contributed by atoms with E-state index in [1.807, 2.05) is 56.3 Å². The van der Waals surface area contributed by atoms with Gasteiger partial charge in [-0.3, -0.25) is 4.98 Å². The van der Waals surface area contributed by atoms with Gasteiger partial charge in [-0.05, 0) is 36.6 Å². The first-order valence-corrected chi connectivity index (χ1v) is 12.7. The van der Waals surface area contributed by atoms with Gasteiger partial charge in [0.05, 0.1) is 0 Å². The average molecular weight is 491 g/mol. The number of hydrogen-bond donors (Lipinski definition) is 0. The lowest BCUT2D eigenvalue weighted by molar-refractivity contribution is 1.07. The fraction of sp³-hybridized carbons (Fsp3) is 0.0588. The van der Waals surface area contributed by atoms with Gasteiger partial charge in [-0.1, -0.05) is 115 Å². The fourth-order valence-corrected chi connectivity index (χ4v) is 4.58. The number of rotatable bonds is 5. The van der Waals surface area contributed by atoms with Crippen LogP contribution in [0.25, 0.3) is 56.4 Å². The summed E-state index contributed by atoms with van der Waals surface area (Å²) < 4.78 is 0. The van der Waals surface area contributed by atoms with E-state index < -0.39 is 0 Å². The van der Waals surface area contributed by atoms with Crippen LogP contribution in [-0.4, -0.2) is 19.9 Å². The van der Waals surface area contributed by atoms with E-state index in [0.29, 0.717) is 17.5 Å². The maximum atomic E-state index is 4.90. The molecule has 0 saturated carbocycles. The van der Waals surface area contributed by atoms with Gasteiger partial charge in [0.1, 0.15) is 0 Å². The number of nitrogens with zero attached hydrogens (tertiary/aromatic N) is 4. The molecule has 0 radical (unpaired) electrons. The largest absolute Gasteiger partial charge is 0.258 e. The minimum atomic E-state index is 0.645. The number of pyridine rings is 1. The third-order valence-corrected chi connectivity index (χ3v) is 6.60. The molecule has 6 rings (SSSR count). The predicted octanol–water partition coefficient (Wildman–Crippen LogP) is 8.22. The van der Waals surface area contributed by atoms with Gasteiger partial charge in [0.15, 0.2) is 17.5 Å². The monoisotopic (exact) mass is 490 g/mol. The number of aryl methyl sites for hydroxylation is 2. The number of hydrogen-bond acceptors (Lipinski definition) is 4. The highest BCUT2D eigenvalue weighted by Crippen LogP contribution is 2.29. The van der Waals surface area contributed by atoms with Gasteiger partial charge in [0.25, 0.3) is 0 Å². The van der Waals surface area contributed by atoms with E-state index in [1.54, 1.807) is 0 Å². The summed E-state index contributed by atoms with van der Waals surface area (Å²) in [5.41, 5.74) is 9.46. The van der Waals surface area contributed by atoms with E-state index in [0.717, 1.165) is 44.8 Å². The van der Waals surface area contributed by atoms with Crippen molar-refractivity contribution in [2.45, 2.75) is 13.8 Å². The zero-order chi connectivity index (χ0) is 25.9. The van der Waals surface area contributed by atoms with E-state index in [9.17, 15) is 0 Å². The second-order valence-electron chi connectivity index (χ2n) is 9.28. The third kappa shape index (κ3) is 4.84. The van der Waals surface area contributed by atoms with Crippen molar-refractivity contribution in [1.82, 2.24) is 19.9 Å². The molecule has 0 aliphatic carbocycles. The van der Waals surface area contributed by atoms with Crippen LogP contribution in [0.4, 0.5) is 0 Å². The molecule has 0 fully saturated rings. The summed E-state index contributed by atoms with van der Waals surface area (Å²) in [5, 5.41) is 0. The summed E-state index contributed by atoms with van der Waals surface area (Å²) in [6.07, 6.45) is 0. The molecule has 2 heterocycles. The van der Waals surface area contributed by atoms with Gasteiger partial charge < -0.3 is 0 Å². The number of aromatic nitrogens is 4. The Morgan fingerprint density at radius 1 is 0.342 bits per heavy atom. The van der Waals surface area contributed by atoms with Gasteiger partial charge in [-0.2, -0.15) is 0 Å². The molecule has 4 heteroatoms. The van der Waals surface area contributed by atoms with Crippen LogP contribution in [0.5, 0.6) is 0 Å². The van der Waals surface area contributed by atoms with E-state index in [1.165, 1.54) is 5.56 Å². The first-order valence-electron chi connectivity index (χ1n) is 12.7. The summed E-state index contributed by atoms with van der Waals surface area (Å²) in [7, 11) is 0. The molecule has 2 aromatic heterocycles.